The van der Waals surface area contributed by atoms with Gasteiger partial charge in [0.15, 0.2) is 17.1 Å². The minimum absolute atomic E-state index is 0.230. The summed E-state index contributed by atoms with van der Waals surface area (Å²) in [5.41, 5.74) is 1.71. The van der Waals surface area contributed by atoms with Crippen LogP contribution in [0.2, 0.25) is 0 Å². The highest BCUT2D eigenvalue weighted by molar-refractivity contribution is 7.89. The summed E-state index contributed by atoms with van der Waals surface area (Å²) in [5.74, 6) is 1.30. The molecule has 8 heteroatoms. The van der Waals surface area contributed by atoms with Gasteiger partial charge in [-0.25, -0.2) is 18.4 Å². The van der Waals surface area contributed by atoms with Gasteiger partial charge in [0.25, 0.3) is 0 Å². The summed E-state index contributed by atoms with van der Waals surface area (Å²) in [6.07, 6.45) is 3.20. The van der Waals surface area contributed by atoms with Crippen molar-refractivity contribution in [2.45, 2.75) is 23.7 Å². The fraction of sp³-hybridized carbons (Fsp3) is 0.333. The van der Waals surface area contributed by atoms with Gasteiger partial charge in [-0.15, -0.1) is 0 Å². The third kappa shape index (κ3) is 3.42. The van der Waals surface area contributed by atoms with Gasteiger partial charge in [0.05, 0.1) is 4.90 Å². The highest BCUT2D eigenvalue weighted by atomic mass is 32.2. The fourth-order valence-corrected chi connectivity index (χ4v) is 5.41. The van der Waals surface area contributed by atoms with Crippen LogP contribution < -0.4 is 9.47 Å². The molecular weight excluding hydrogens is 390 g/mol. The van der Waals surface area contributed by atoms with E-state index in [1.54, 1.807) is 28.7 Å². The number of benzene rings is 1. The van der Waals surface area contributed by atoms with Gasteiger partial charge in [0, 0.05) is 42.4 Å². The zero-order valence-electron chi connectivity index (χ0n) is 15.8. The Labute approximate surface area is 169 Å². The molecule has 0 radical (unpaired) electrons. The van der Waals surface area contributed by atoms with E-state index in [1.165, 1.54) is 0 Å². The molecule has 5 rings (SSSR count). The summed E-state index contributed by atoms with van der Waals surface area (Å²) >= 11 is 0. The summed E-state index contributed by atoms with van der Waals surface area (Å²) in [7, 11) is -3.57. The minimum atomic E-state index is -3.57. The molecule has 2 aromatic heterocycles. The molecule has 0 aliphatic carbocycles. The molecule has 2 aliphatic rings. The summed E-state index contributed by atoms with van der Waals surface area (Å²) in [6.45, 7) is 1.83. The quantitative estimate of drug-likeness (QED) is 0.659. The SMILES string of the molecule is O=S(=O)(c1ccc2c(c1)OCCO2)N1CCC(c2ccc3cccnc3n2)CC1. The summed E-state index contributed by atoms with van der Waals surface area (Å²) in [4.78, 5) is 9.25. The zero-order chi connectivity index (χ0) is 19.8. The van der Waals surface area contributed by atoms with Crippen LogP contribution in [-0.4, -0.2) is 49.0 Å². The molecular formula is C21H21N3O4S. The average molecular weight is 411 g/mol. The predicted octanol–water partition coefficient (Wildman–Crippen LogP) is 2.97. The summed E-state index contributed by atoms with van der Waals surface area (Å²) in [5, 5.41) is 1.01. The van der Waals surface area contributed by atoms with Crippen LogP contribution in [0.25, 0.3) is 11.0 Å². The van der Waals surface area contributed by atoms with Gasteiger partial charge in [-0.2, -0.15) is 4.31 Å². The molecule has 2 aliphatic heterocycles. The van der Waals surface area contributed by atoms with Crippen molar-refractivity contribution in [2.24, 2.45) is 0 Å². The van der Waals surface area contributed by atoms with Crippen LogP contribution in [0.15, 0.2) is 53.6 Å². The third-order valence-electron chi connectivity index (χ3n) is 5.51. The normalized spacial score (nSPS) is 18.1. The Bertz CT molecular complexity index is 1160. The van der Waals surface area contributed by atoms with E-state index in [4.69, 9.17) is 9.47 Å². The van der Waals surface area contributed by atoms with Crippen molar-refractivity contribution in [1.82, 2.24) is 14.3 Å². The maximum atomic E-state index is 13.1. The van der Waals surface area contributed by atoms with Crippen molar-refractivity contribution in [2.75, 3.05) is 26.3 Å². The van der Waals surface area contributed by atoms with Crippen molar-refractivity contribution < 1.29 is 17.9 Å². The van der Waals surface area contributed by atoms with E-state index in [1.807, 2.05) is 24.3 Å². The Morgan fingerprint density at radius 2 is 1.76 bits per heavy atom. The molecule has 0 bridgehead atoms. The molecule has 1 aromatic carbocycles. The number of pyridine rings is 2. The van der Waals surface area contributed by atoms with E-state index in [9.17, 15) is 8.42 Å². The Morgan fingerprint density at radius 1 is 0.966 bits per heavy atom. The molecule has 29 heavy (non-hydrogen) atoms. The average Bonchev–Trinajstić information content (AvgIpc) is 2.78. The Morgan fingerprint density at radius 3 is 2.59 bits per heavy atom. The smallest absolute Gasteiger partial charge is 0.243 e. The number of fused-ring (bicyclic) bond motifs is 2. The van der Waals surface area contributed by atoms with Crippen LogP contribution in [0.5, 0.6) is 11.5 Å². The summed E-state index contributed by atoms with van der Waals surface area (Å²) < 4.78 is 38.8. The van der Waals surface area contributed by atoms with Crippen molar-refractivity contribution in [3.05, 3.63) is 54.4 Å². The van der Waals surface area contributed by atoms with Crippen molar-refractivity contribution in [1.29, 1.82) is 0 Å². The van der Waals surface area contributed by atoms with Gasteiger partial charge in [-0.05, 0) is 49.2 Å². The Hall–Kier alpha value is -2.71. The Balaban J connectivity index is 1.32. The predicted molar refractivity (Wildman–Crippen MR) is 108 cm³/mol. The lowest BCUT2D eigenvalue weighted by atomic mass is 9.94. The number of nitrogens with zero attached hydrogens (tertiary/aromatic N) is 3. The maximum absolute atomic E-state index is 13.1. The molecule has 0 spiro atoms. The van der Waals surface area contributed by atoms with Gasteiger partial charge in [0.1, 0.15) is 13.2 Å². The molecule has 4 heterocycles. The first-order valence-electron chi connectivity index (χ1n) is 9.73. The zero-order valence-corrected chi connectivity index (χ0v) is 16.6. The molecule has 7 nitrogen and oxygen atoms in total. The van der Waals surface area contributed by atoms with Gasteiger partial charge >= 0.3 is 0 Å². The maximum Gasteiger partial charge on any atom is 0.243 e. The van der Waals surface area contributed by atoms with Crippen LogP contribution in [0.1, 0.15) is 24.5 Å². The first-order valence-corrected chi connectivity index (χ1v) is 11.2. The lowest BCUT2D eigenvalue weighted by molar-refractivity contribution is 0.171. The van der Waals surface area contributed by atoms with Gasteiger partial charge in [-0.3, -0.25) is 0 Å². The topological polar surface area (TPSA) is 81.6 Å². The third-order valence-corrected chi connectivity index (χ3v) is 7.40. The molecule has 0 unspecified atom stereocenters. The number of rotatable bonds is 3. The van der Waals surface area contributed by atoms with Crippen LogP contribution >= 0.6 is 0 Å². The first kappa shape index (κ1) is 18.3. The molecule has 0 saturated carbocycles. The molecule has 150 valence electrons. The van der Waals surface area contributed by atoms with Crippen molar-refractivity contribution in [3.8, 4) is 11.5 Å². The number of ether oxygens (including phenoxy) is 2. The second kappa shape index (κ2) is 7.27. The second-order valence-electron chi connectivity index (χ2n) is 7.27. The number of sulfonamides is 1. The second-order valence-corrected chi connectivity index (χ2v) is 9.21. The highest BCUT2D eigenvalue weighted by Crippen LogP contribution is 2.35. The minimum Gasteiger partial charge on any atom is -0.486 e. The first-order chi connectivity index (χ1) is 14.1. The van der Waals surface area contributed by atoms with E-state index in [0.29, 0.717) is 37.8 Å². The fourth-order valence-electron chi connectivity index (χ4n) is 3.92. The van der Waals surface area contributed by atoms with Crippen LogP contribution in [-0.2, 0) is 10.0 Å². The van der Waals surface area contributed by atoms with Gasteiger partial charge in [-0.1, -0.05) is 0 Å². The van der Waals surface area contributed by atoms with E-state index >= 15 is 0 Å². The molecule has 3 aromatic rings. The lowest BCUT2D eigenvalue weighted by Crippen LogP contribution is -2.38. The van der Waals surface area contributed by atoms with Crippen molar-refractivity contribution >= 4 is 21.1 Å². The van der Waals surface area contributed by atoms with Gasteiger partial charge < -0.3 is 9.47 Å². The highest BCUT2D eigenvalue weighted by Gasteiger charge is 2.31. The molecule has 1 fully saturated rings. The molecule has 0 N–H and O–H groups in total. The van der Waals surface area contributed by atoms with Gasteiger partial charge in [0.2, 0.25) is 10.0 Å². The Kier molecular flexibility index (Phi) is 4.60. The lowest BCUT2D eigenvalue weighted by Gasteiger charge is -2.31. The van der Waals surface area contributed by atoms with Crippen molar-refractivity contribution in [3.63, 3.8) is 0 Å². The number of aromatic nitrogens is 2. The summed E-state index contributed by atoms with van der Waals surface area (Å²) in [6, 6.07) is 12.8. The molecule has 1 saturated heterocycles. The van der Waals surface area contributed by atoms with Crippen LogP contribution in [0.4, 0.5) is 0 Å². The van der Waals surface area contributed by atoms with E-state index in [2.05, 4.69) is 9.97 Å². The number of hydrogen-bond donors (Lipinski definition) is 0. The molecule has 0 amide bonds. The largest absolute Gasteiger partial charge is 0.486 e. The standard InChI is InChI=1S/C21H21N3O4S/c25-29(26,17-4-6-19-20(14-17)28-13-12-27-19)24-10-7-15(8-11-24)18-5-3-16-2-1-9-22-21(16)23-18/h1-6,9,14-15H,7-8,10-13H2. The number of piperidine rings is 1. The van der Waals surface area contributed by atoms with E-state index < -0.39 is 10.0 Å². The monoisotopic (exact) mass is 411 g/mol. The van der Waals surface area contributed by atoms with E-state index in [-0.39, 0.29) is 10.8 Å². The molecule has 0 atom stereocenters. The number of hydrogen-bond acceptors (Lipinski definition) is 6. The van der Waals surface area contributed by atoms with E-state index in [0.717, 1.165) is 29.6 Å². The van der Waals surface area contributed by atoms with Crippen LogP contribution in [0.3, 0.4) is 0 Å². The van der Waals surface area contributed by atoms with Crippen LogP contribution in [0, 0.1) is 0 Å².